The van der Waals surface area contributed by atoms with E-state index in [0.29, 0.717) is 23.1 Å². The Balaban J connectivity index is 5.07. The third-order valence-electron chi connectivity index (χ3n) is 3.38. The van der Waals surface area contributed by atoms with Gasteiger partial charge in [0.2, 0.25) is 0 Å². The highest BCUT2D eigenvalue weighted by molar-refractivity contribution is 5.87. The third kappa shape index (κ3) is 3.54. The van der Waals surface area contributed by atoms with E-state index in [1.54, 1.807) is 13.8 Å². The summed E-state index contributed by atoms with van der Waals surface area (Å²) in [5.41, 5.74) is 0.298. The maximum atomic E-state index is 11.5. The molecule has 0 bridgehead atoms. The van der Waals surface area contributed by atoms with Crippen molar-refractivity contribution in [3.63, 3.8) is 0 Å². The van der Waals surface area contributed by atoms with Crippen LogP contribution in [0.15, 0.2) is 12.2 Å². The van der Waals surface area contributed by atoms with Crippen LogP contribution in [0.5, 0.6) is 0 Å². The largest absolute Gasteiger partial charge is 0.381 e. The van der Waals surface area contributed by atoms with Crippen LogP contribution >= 0.6 is 0 Å². The molecule has 4 nitrogen and oxygen atoms in total. The van der Waals surface area contributed by atoms with E-state index in [4.69, 9.17) is 4.74 Å². The molecule has 0 aliphatic heterocycles. The van der Waals surface area contributed by atoms with Crippen LogP contribution in [0.2, 0.25) is 0 Å². The van der Waals surface area contributed by atoms with Gasteiger partial charge in [-0.1, -0.05) is 13.5 Å². The van der Waals surface area contributed by atoms with Crippen molar-refractivity contribution in [2.45, 2.75) is 47.0 Å². The molecule has 0 aliphatic rings. The first-order chi connectivity index (χ1) is 7.76. The van der Waals surface area contributed by atoms with E-state index in [1.165, 1.54) is 0 Å². The van der Waals surface area contributed by atoms with Gasteiger partial charge in [0, 0.05) is 5.57 Å². The first-order valence-corrected chi connectivity index (χ1v) is 6.23. The van der Waals surface area contributed by atoms with E-state index in [1.807, 2.05) is 13.8 Å². The van der Waals surface area contributed by atoms with E-state index in [2.05, 4.69) is 13.5 Å². The fraction of sp³-hybridized carbons (Fsp3) is 0.769. The molecule has 0 amide bonds. The predicted octanol–water partition coefficient (Wildman–Crippen LogP) is 2.04. The number of ether oxygens (including phenoxy) is 1. The van der Waals surface area contributed by atoms with Gasteiger partial charge in [-0.15, -0.1) is 0 Å². The Morgan fingerprint density at radius 3 is 2.12 bits per heavy atom. The number of hydrogen-bond acceptors (Lipinski definition) is 3. The summed E-state index contributed by atoms with van der Waals surface area (Å²) in [4.78, 5) is 11.5. The molecule has 0 heterocycles. The van der Waals surface area contributed by atoms with Gasteiger partial charge in [0.1, 0.15) is 0 Å². The fourth-order valence-corrected chi connectivity index (χ4v) is 2.12. The second-order valence-corrected chi connectivity index (χ2v) is 4.60. The maximum Gasteiger partial charge on any atom is 0.358 e. The molecule has 0 fully saturated rings. The van der Waals surface area contributed by atoms with Gasteiger partial charge in [-0.2, -0.15) is 0 Å². The summed E-state index contributed by atoms with van der Waals surface area (Å²) in [6.07, 6.45) is 0.919. The van der Waals surface area contributed by atoms with E-state index in [-0.39, 0.29) is 0 Å². The molecule has 0 aromatic heterocycles. The van der Waals surface area contributed by atoms with Gasteiger partial charge in [0.15, 0.2) is 0 Å². The zero-order chi connectivity index (χ0) is 13.7. The predicted molar refractivity (Wildman–Crippen MR) is 68.0 cm³/mol. The monoisotopic (exact) mass is 244 g/mol. The number of quaternary nitrogens is 1. The average Bonchev–Trinajstić information content (AvgIpc) is 2.24. The number of carbonyl (C=O) groups excluding carboxylic acids is 1. The van der Waals surface area contributed by atoms with Crippen molar-refractivity contribution in [3.8, 4) is 0 Å². The molecule has 1 unspecified atom stereocenters. The van der Waals surface area contributed by atoms with E-state index in [9.17, 15) is 9.90 Å². The first-order valence-electron chi connectivity index (χ1n) is 6.23. The molecular formula is C13H26NO3+. The molecule has 100 valence electrons. The Hall–Kier alpha value is -0.870. The van der Waals surface area contributed by atoms with Crippen LogP contribution in [0.3, 0.4) is 0 Å². The zero-order valence-electron chi connectivity index (χ0n) is 11.7. The number of esters is 1. The number of rotatable bonds is 7. The van der Waals surface area contributed by atoms with Crippen molar-refractivity contribution >= 4 is 5.97 Å². The Kier molecular flexibility index (Phi) is 5.85. The normalized spacial score (nSPS) is 15.2. The fourth-order valence-electron chi connectivity index (χ4n) is 2.12. The number of aliphatic hydroxyl groups is 1. The maximum absolute atomic E-state index is 11.5. The second kappa shape index (κ2) is 6.17. The lowest BCUT2D eigenvalue weighted by Crippen LogP contribution is -2.65. The van der Waals surface area contributed by atoms with Crippen LogP contribution in [-0.4, -0.2) is 41.1 Å². The van der Waals surface area contributed by atoms with Crippen molar-refractivity contribution in [1.82, 2.24) is 0 Å². The van der Waals surface area contributed by atoms with Gasteiger partial charge in [0.25, 0.3) is 0 Å². The van der Waals surface area contributed by atoms with Gasteiger partial charge in [-0.05, 0) is 27.2 Å². The molecule has 0 saturated carbocycles. The third-order valence-corrected chi connectivity index (χ3v) is 3.38. The van der Waals surface area contributed by atoms with Crippen LogP contribution in [0.4, 0.5) is 0 Å². The van der Waals surface area contributed by atoms with Gasteiger partial charge >= 0.3 is 11.9 Å². The number of carbonyl (C=O) groups is 1. The minimum atomic E-state index is -1.50. The standard InChI is InChI=1S/C13H26NO3/c1-7-10-14(8-2,9-3)13(6,16)17-12(15)11(4)5/h16H,4,7-10H2,1-3,5-6H3/q+1. The van der Waals surface area contributed by atoms with Crippen molar-refractivity contribution in [2.24, 2.45) is 0 Å². The Morgan fingerprint density at radius 2 is 1.82 bits per heavy atom. The van der Waals surface area contributed by atoms with Gasteiger partial charge in [-0.25, -0.2) is 4.79 Å². The van der Waals surface area contributed by atoms with Crippen LogP contribution in [-0.2, 0) is 9.53 Å². The van der Waals surface area contributed by atoms with Crippen LogP contribution in [0, 0.1) is 0 Å². The zero-order valence-corrected chi connectivity index (χ0v) is 11.7. The average molecular weight is 244 g/mol. The summed E-state index contributed by atoms with van der Waals surface area (Å²) in [7, 11) is 0. The van der Waals surface area contributed by atoms with E-state index >= 15 is 0 Å². The minimum Gasteiger partial charge on any atom is -0.381 e. The van der Waals surface area contributed by atoms with Crippen molar-refractivity contribution in [2.75, 3.05) is 19.6 Å². The molecule has 17 heavy (non-hydrogen) atoms. The molecule has 0 spiro atoms. The lowest BCUT2D eigenvalue weighted by atomic mass is 10.2. The van der Waals surface area contributed by atoms with Crippen molar-refractivity contribution in [1.29, 1.82) is 0 Å². The Bertz CT molecular complexity index is 280. The molecule has 0 aromatic carbocycles. The summed E-state index contributed by atoms with van der Waals surface area (Å²) in [6.45, 7) is 14.9. The Morgan fingerprint density at radius 1 is 1.35 bits per heavy atom. The summed E-state index contributed by atoms with van der Waals surface area (Å²) < 4.78 is 5.54. The van der Waals surface area contributed by atoms with Gasteiger partial charge < -0.3 is 9.84 Å². The van der Waals surface area contributed by atoms with Crippen LogP contribution in [0.25, 0.3) is 0 Å². The lowest BCUT2D eigenvalue weighted by molar-refractivity contribution is -1.02. The first kappa shape index (κ1) is 16.1. The van der Waals surface area contributed by atoms with E-state index < -0.39 is 11.9 Å². The topological polar surface area (TPSA) is 46.5 Å². The molecule has 0 radical (unpaired) electrons. The second-order valence-electron chi connectivity index (χ2n) is 4.60. The van der Waals surface area contributed by atoms with Crippen molar-refractivity contribution < 1.29 is 19.1 Å². The summed E-state index contributed by atoms with van der Waals surface area (Å²) in [6, 6.07) is 0. The Labute approximate surface area is 104 Å². The highest BCUT2D eigenvalue weighted by Gasteiger charge is 2.47. The summed E-state index contributed by atoms with van der Waals surface area (Å²) >= 11 is 0. The minimum absolute atomic E-state index is 0.298. The molecular weight excluding hydrogens is 218 g/mol. The van der Waals surface area contributed by atoms with E-state index in [0.717, 1.165) is 13.0 Å². The van der Waals surface area contributed by atoms with Crippen LogP contribution < -0.4 is 0 Å². The summed E-state index contributed by atoms with van der Waals surface area (Å²) in [5.74, 6) is -2.05. The quantitative estimate of drug-likeness (QED) is 0.323. The molecule has 4 heteroatoms. The smallest absolute Gasteiger partial charge is 0.358 e. The van der Waals surface area contributed by atoms with Gasteiger partial charge in [0.05, 0.1) is 26.6 Å². The van der Waals surface area contributed by atoms with Gasteiger partial charge in [-0.3, -0.25) is 4.48 Å². The van der Waals surface area contributed by atoms with Crippen molar-refractivity contribution in [3.05, 3.63) is 12.2 Å². The molecule has 1 N–H and O–H groups in total. The highest BCUT2D eigenvalue weighted by Crippen LogP contribution is 2.25. The molecule has 0 aliphatic carbocycles. The summed E-state index contributed by atoms with van der Waals surface area (Å²) in [5, 5.41) is 10.5. The van der Waals surface area contributed by atoms with Crippen LogP contribution in [0.1, 0.15) is 41.0 Å². The number of nitrogens with zero attached hydrogens (tertiary/aromatic N) is 1. The molecule has 0 saturated heterocycles. The molecule has 1 atom stereocenters. The number of hydrogen-bond donors (Lipinski definition) is 1. The SMILES string of the molecule is C=C(C)C(=O)OC(C)(O)[N+](CC)(CC)CCC. The highest BCUT2D eigenvalue weighted by atomic mass is 16.7. The molecule has 0 aromatic rings. The lowest BCUT2D eigenvalue weighted by Gasteiger charge is -2.45. The molecule has 0 rings (SSSR count).